The highest BCUT2D eigenvalue weighted by Gasteiger charge is 2.07. The first-order valence-corrected chi connectivity index (χ1v) is 9.40. The molecule has 30 heavy (non-hydrogen) atoms. The summed E-state index contributed by atoms with van der Waals surface area (Å²) in [5.74, 6) is 0.129. The third-order valence-electron chi connectivity index (χ3n) is 4.09. The molecular formula is C23H22N4O3. The molecule has 0 unspecified atom stereocenters. The van der Waals surface area contributed by atoms with Crippen LogP contribution in [0.4, 0.5) is 5.69 Å². The van der Waals surface area contributed by atoms with Crippen LogP contribution in [-0.2, 0) is 11.4 Å². The van der Waals surface area contributed by atoms with Crippen molar-refractivity contribution in [2.24, 2.45) is 5.10 Å². The lowest BCUT2D eigenvalue weighted by Crippen LogP contribution is -2.21. The topological polar surface area (TPSA) is 92.7 Å². The molecule has 0 aliphatic carbocycles. The minimum atomic E-state index is -0.358. The zero-order valence-electron chi connectivity index (χ0n) is 16.5. The van der Waals surface area contributed by atoms with Crippen molar-refractivity contribution in [3.8, 4) is 5.75 Å². The molecule has 2 aromatic carbocycles. The molecule has 1 aromatic heterocycles. The van der Waals surface area contributed by atoms with Crippen LogP contribution in [0.2, 0.25) is 0 Å². The van der Waals surface area contributed by atoms with Crippen molar-refractivity contribution in [1.29, 1.82) is 0 Å². The van der Waals surface area contributed by atoms with Crippen molar-refractivity contribution in [2.45, 2.75) is 20.0 Å². The molecule has 0 fully saturated rings. The second-order valence-corrected chi connectivity index (χ2v) is 6.55. The highest BCUT2D eigenvalue weighted by Crippen LogP contribution is 2.17. The van der Waals surface area contributed by atoms with Gasteiger partial charge in [0.15, 0.2) is 0 Å². The molecule has 0 aliphatic rings. The normalized spacial score (nSPS) is 10.9. The van der Waals surface area contributed by atoms with Crippen LogP contribution < -0.4 is 15.5 Å². The first kappa shape index (κ1) is 20.7. The Labute approximate surface area is 174 Å². The fourth-order valence-corrected chi connectivity index (χ4v) is 2.57. The van der Waals surface area contributed by atoms with Gasteiger partial charge < -0.3 is 10.1 Å². The average Bonchev–Trinajstić information content (AvgIpc) is 2.78. The number of anilines is 1. The number of hydrazone groups is 1. The zero-order chi connectivity index (χ0) is 21.2. The Morgan fingerprint density at radius 2 is 1.67 bits per heavy atom. The molecule has 0 spiro atoms. The molecular weight excluding hydrogens is 380 g/mol. The van der Waals surface area contributed by atoms with Crippen LogP contribution in [0, 0.1) is 0 Å². The summed E-state index contributed by atoms with van der Waals surface area (Å²) in [5.41, 5.74) is 5.09. The first-order chi connectivity index (χ1) is 14.6. The maximum Gasteiger partial charge on any atom is 0.271 e. The van der Waals surface area contributed by atoms with Gasteiger partial charge in [0.2, 0.25) is 5.91 Å². The number of aromatic nitrogens is 1. The number of carbonyl (C=O) groups is 2. The summed E-state index contributed by atoms with van der Waals surface area (Å²) in [7, 11) is 0. The molecule has 2 amide bonds. The number of benzene rings is 2. The minimum absolute atomic E-state index is 0.0584. The lowest BCUT2D eigenvalue weighted by molar-refractivity contribution is -0.115. The SMILES string of the molecule is C/C(CC(=O)Nc1ccc(OCc2ccccc2)cc1)=N/NC(=O)c1ccncc1. The molecule has 0 saturated heterocycles. The van der Waals surface area contributed by atoms with Crippen LogP contribution in [0.3, 0.4) is 0 Å². The quantitative estimate of drug-likeness (QED) is 0.443. The third kappa shape index (κ3) is 6.56. The fourth-order valence-electron chi connectivity index (χ4n) is 2.57. The molecule has 1 heterocycles. The fraction of sp³-hybridized carbons (Fsp3) is 0.130. The van der Waals surface area contributed by atoms with E-state index in [9.17, 15) is 9.59 Å². The Kier molecular flexibility index (Phi) is 7.27. The first-order valence-electron chi connectivity index (χ1n) is 9.40. The molecule has 0 saturated carbocycles. The van der Waals surface area contributed by atoms with Crippen LogP contribution in [0.1, 0.15) is 29.3 Å². The summed E-state index contributed by atoms with van der Waals surface area (Å²) in [6.45, 7) is 2.15. The number of hydrogen-bond donors (Lipinski definition) is 2. The molecule has 3 rings (SSSR count). The molecule has 152 valence electrons. The van der Waals surface area contributed by atoms with E-state index in [1.54, 1.807) is 43.3 Å². The Bertz CT molecular complexity index is 1000. The summed E-state index contributed by atoms with van der Waals surface area (Å²) in [5, 5.41) is 6.76. The number of rotatable bonds is 8. The maximum atomic E-state index is 12.2. The Morgan fingerprint density at radius 3 is 2.37 bits per heavy atom. The van der Waals surface area contributed by atoms with Crippen LogP contribution in [-0.4, -0.2) is 22.5 Å². The number of nitrogens with zero attached hydrogens (tertiary/aromatic N) is 2. The van der Waals surface area contributed by atoms with Gasteiger partial charge in [0.05, 0.1) is 6.42 Å². The average molecular weight is 402 g/mol. The third-order valence-corrected chi connectivity index (χ3v) is 4.09. The molecule has 0 atom stereocenters. The van der Waals surface area contributed by atoms with Gasteiger partial charge in [-0.2, -0.15) is 5.10 Å². The van der Waals surface area contributed by atoms with E-state index in [2.05, 4.69) is 20.8 Å². The van der Waals surface area contributed by atoms with Crippen molar-refractivity contribution in [2.75, 3.05) is 5.32 Å². The summed E-state index contributed by atoms with van der Waals surface area (Å²) in [6, 6.07) is 20.2. The van der Waals surface area contributed by atoms with E-state index in [-0.39, 0.29) is 18.2 Å². The molecule has 3 aromatic rings. The van der Waals surface area contributed by atoms with Gasteiger partial charge in [-0.05, 0) is 48.9 Å². The lowest BCUT2D eigenvalue weighted by atomic mass is 10.2. The highest BCUT2D eigenvalue weighted by molar-refractivity contribution is 6.06. The standard InChI is InChI=1S/C23H22N4O3/c1-17(26-27-23(29)19-11-13-24-14-12-19)15-22(28)25-20-7-9-21(10-8-20)30-16-18-5-3-2-4-6-18/h2-14H,15-16H2,1H3,(H,25,28)(H,27,29)/b26-17-. The van der Waals surface area contributed by atoms with Crippen molar-refractivity contribution >= 4 is 23.2 Å². The van der Waals surface area contributed by atoms with Crippen molar-refractivity contribution < 1.29 is 14.3 Å². The van der Waals surface area contributed by atoms with E-state index in [0.29, 0.717) is 29.3 Å². The molecule has 2 N–H and O–H groups in total. The lowest BCUT2D eigenvalue weighted by Gasteiger charge is -2.09. The number of ether oxygens (including phenoxy) is 1. The van der Waals surface area contributed by atoms with Crippen molar-refractivity contribution in [1.82, 2.24) is 10.4 Å². The smallest absolute Gasteiger partial charge is 0.271 e. The summed E-state index contributed by atoms with van der Waals surface area (Å²) >= 11 is 0. The van der Waals surface area contributed by atoms with E-state index in [4.69, 9.17) is 4.74 Å². The minimum Gasteiger partial charge on any atom is -0.489 e. The van der Waals surface area contributed by atoms with E-state index in [1.807, 2.05) is 30.3 Å². The van der Waals surface area contributed by atoms with E-state index >= 15 is 0 Å². The molecule has 0 radical (unpaired) electrons. The van der Waals surface area contributed by atoms with E-state index in [1.165, 1.54) is 12.4 Å². The van der Waals surface area contributed by atoms with Gasteiger partial charge in [-0.15, -0.1) is 0 Å². The summed E-state index contributed by atoms with van der Waals surface area (Å²) in [4.78, 5) is 28.0. The van der Waals surface area contributed by atoms with Crippen LogP contribution in [0.25, 0.3) is 0 Å². The molecule has 0 aliphatic heterocycles. The molecule has 7 heteroatoms. The molecule has 7 nitrogen and oxygen atoms in total. The van der Waals surface area contributed by atoms with Crippen LogP contribution >= 0.6 is 0 Å². The Balaban J connectivity index is 1.45. The second-order valence-electron chi connectivity index (χ2n) is 6.55. The highest BCUT2D eigenvalue weighted by atomic mass is 16.5. The largest absolute Gasteiger partial charge is 0.489 e. The number of nitrogens with one attached hydrogen (secondary N) is 2. The van der Waals surface area contributed by atoms with Gasteiger partial charge in [-0.1, -0.05) is 30.3 Å². The second kappa shape index (κ2) is 10.5. The predicted octanol–water partition coefficient (Wildman–Crippen LogP) is 3.80. The van der Waals surface area contributed by atoms with Gasteiger partial charge in [0.1, 0.15) is 12.4 Å². The van der Waals surface area contributed by atoms with E-state index < -0.39 is 0 Å². The number of amides is 2. The van der Waals surface area contributed by atoms with Gasteiger partial charge in [-0.3, -0.25) is 14.6 Å². The zero-order valence-corrected chi connectivity index (χ0v) is 16.5. The number of pyridine rings is 1. The van der Waals surface area contributed by atoms with Gasteiger partial charge in [-0.25, -0.2) is 5.43 Å². The predicted molar refractivity (Wildman–Crippen MR) is 115 cm³/mol. The van der Waals surface area contributed by atoms with E-state index in [0.717, 1.165) is 5.56 Å². The van der Waals surface area contributed by atoms with Crippen molar-refractivity contribution in [3.63, 3.8) is 0 Å². The Morgan fingerprint density at radius 1 is 0.967 bits per heavy atom. The summed E-state index contributed by atoms with van der Waals surface area (Å²) < 4.78 is 5.73. The summed E-state index contributed by atoms with van der Waals surface area (Å²) in [6.07, 6.45) is 3.11. The monoisotopic (exact) mass is 402 g/mol. The van der Waals surface area contributed by atoms with Crippen LogP contribution in [0.15, 0.2) is 84.2 Å². The van der Waals surface area contributed by atoms with Gasteiger partial charge in [0.25, 0.3) is 5.91 Å². The Hall–Kier alpha value is -4.00. The van der Waals surface area contributed by atoms with Gasteiger partial charge >= 0.3 is 0 Å². The molecule has 0 bridgehead atoms. The van der Waals surface area contributed by atoms with Crippen LogP contribution in [0.5, 0.6) is 5.75 Å². The number of hydrogen-bond acceptors (Lipinski definition) is 5. The number of carbonyl (C=O) groups excluding carboxylic acids is 2. The maximum absolute atomic E-state index is 12.2. The van der Waals surface area contributed by atoms with Crippen molar-refractivity contribution in [3.05, 3.63) is 90.3 Å². The van der Waals surface area contributed by atoms with Gasteiger partial charge in [0, 0.05) is 29.4 Å².